The lowest BCUT2D eigenvalue weighted by atomic mass is 9.97. The third kappa shape index (κ3) is 3.33. The summed E-state index contributed by atoms with van der Waals surface area (Å²) in [4.78, 5) is 5.97. The van der Waals surface area contributed by atoms with Crippen LogP contribution in [0, 0.1) is 12.7 Å². The number of fused-ring (bicyclic) bond motifs is 1. The minimum absolute atomic E-state index is 0.236. The normalized spacial score (nSPS) is 14.9. The molecule has 3 nitrogen and oxygen atoms in total. The van der Waals surface area contributed by atoms with E-state index in [4.69, 9.17) is 0 Å². The van der Waals surface area contributed by atoms with Crippen LogP contribution in [0.15, 0.2) is 24.5 Å². The Hall–Kier alpha value is -2.05. The zero-order chi connectivity index (χ0) is 16.6. The Balaban J connectivity index is 1.89. The summed E-state index contributed by atoms with van der Waals surface area (Å²) in [6, 6.07) is 3.15. The number of nitrogens with zero attached hydrogens (tertiary/aromatic N) is 3. The van der Waals surface area contributed by atoms with Crippen molar-refractivity contribution in [3.05, 3.63) is 47.3 Å². The Morgan fingerprint density at radius 1 is 1.26 bits per heavy atom. The zero-order valence-electron chi connectivity index (χ0n) is 12.7. The van der Waals surface area contributed by atoms with Crippen molar-refractivity contribution in [2.45, 2.75) is 39.0 Å². The number of alkyl halides is 3. The van der Waals surface area contributed by atoms with Gasteiger partial charge in [0.25, 0.3) is 0 Å². The molecule has 0 bridgehead atoms. The largest absolute Gasteiger partial charge is 0.406 e. The van der Waals surface area contributed by atoms with Crippen molar-refractivity contribution in [2.75, 3.05) is 11.4 Å². The summed E-state index contributed by atoms with van der Waals surface area (Å²) in [5, 5.41) is 0. The molecule has 0 amide bonds. The molecule has 1 aliphatic heterocycles. The molecule has 124 valence electrons. The number of rotatable bonds is 3. The topological polar surface area (TPSA) is 21.1 Å². The second-order valence-corrected chi connectivity index (χ2v) is 5.80. The summed E-state index contributed by atoms with van der Waals surface area (Å²) >= 11 is 0. The first kappa shape index (κ1) is 15.8. The van der Waals surface area contributed by atoms with E-state index >= 15 is 0 Å². The van der Waals surface area contributed by atoms with Crippen molar-refractivity contribution in [3.8, 4) is 0 Å². The number of aromatic nitrogens is 2. The fourth-order valence-corrected chi connectivity index (χ4v) is 3.12. The van der Waals surface area contributed by atoms with Gasteiger partial charge in [0.05, 0.1) is 6.54 Å². The standard InChI is InChI=1S/C16H17F4N3/c1-11-4-5-13(17)12-3-2-7-22(15(11)12)9-14-21-6-8-23(14)10-16(18,19)20/h4-6,8H,2-3,7,9-10H2,1H3. The molecule has 1 aromatic heterocycles. The van der Waals surface area contributed by atoms with E-state index in [9.17, 15) is 17.6 Å². The highest BCUT2D eigenvalue weighted by molar-refractivity contribution is 5.61. The lowest BCUT2D eigenvalue weighted by Crippen LogP contribution is -2.32. The maximum atomic E-state index is 14.0. The summed E-state index contributed by atoms with van der Waals surface area (Å²) in [5.41, 5.74) is 2.36. The van der Waals surface area contributed by atoms with Crippen LogP contribution in [-0.4, -0.2) is 22.3 Å². The van der Waals surface area contributed by atoms with Crippen molar-refractivity contribution >= 4 is 5.69 Å². The zero-order valence-corrected chi connectivity index (χ0v) is 12.7. The Labute approximate surface area is 131 Å². The van der Waals surface area contributed by atoms with Gasteiger partial charge < -0.3 is 9.47 Å². The van der Waals surface area contributed by atoms with Crippen LogP contribution >= 0.6 is 0 Å². The van der Waals surface area contributed by atoms with Crippen molar-refractivity contribution in [2.24, 2.45) is 0 Å². The molecule has 0 radical (unpaired) electrons. The van der Waals surface area contributed by atoms with Gasteiger partial charge in [0.1, 0.15) is 18.2 Å². The molecule has 0 spiro atoms. The summed E-state index contributed by atoms with van der Waals surface area (Å²) in [5.74, 6) is 0.0766. The van der Waals surface area contributed by atoms with Crippen LogP contribution in [0.2, 0.25) is 0 Å². The Morgan fingerprint density at radius 3 is 2.78 bits per heavy atom. The molecule has 0 unspecified atom stereocenters. The molecule has 0 saturated heterocycles. The Morgan fingerprint density at radius 2 is 2.04 bits per heavy atom. The predicted molar refractivity (Wildman–Crippen MR) is 78.8 cm³/mol. The lowest BCUT2D eigenvalue weighted by molar-refractivity contribution is -0.141. The van der Waals surface area contributed by atoms with Gasteiger partial charge >= 0.3 is 6.18 Å². The van der Waals surface area contributed by atoms with Crippen LogP contribution in [0.5, 0.6) is 0 Å². The number of hydrogen-bond acceptors (Lipinski definition) is 2. The second-order valence-electron chi connectivity index (χ2n) is 5.80. The molecule has 0 aliphatic carbocycles. The molecular weight excluding hydrogens is 310 g/mol. The number of halogens is 4. The summed E-state index contributed by atoms with van der Waals surface area (Å²) in [7, 11) is 0. The molecule has 7 heteroatoms. The molecule has 23 heavy (non-hydrogen) atoms. The maximum absolute atomic E-state index is 14.0. The second kappa shape index (κ2) is 5.86. The SMILES string of the molecule is Cc1ccc(F)c2c1N(Cc1nccn1CC(F)(F)F)CCC2. The van der Waals surface area contributed by atoms with Crippen molar-refractivity contribution in [1.29, 1.82) is 0 Å². The van der Waals surface area contributed by atoms with E-state index in [-0.39, 0.29) is 12.4 Å². The van der Waals surface area contributed by atoms with Crippen molar-refractivity contribution < 1.29 is 17.6 Å². The molecule has 0 saturated carbocycles. The summed E-state index contributed by atoms with van der Waals surface area (Å²) in [6.07, 6.45) is -0.183. The highest BCUT2D eigenvalue weighted by atomic mass is 19.4. The number of imidazole rings is 1. The van der Waals surface area contributed by atoms with Crippen molar-refractivity contribution in [1.82, 2.24) is 9.55 Å². The van der Waals surface area contributed by atoms with Crippen LogP contribution in [0.4, 0.5) is 23.2 Å². The van der Waals surface area contributed by atoms with Gasteiger partial charge in [-0.05, 0) is 31.4 Å². The van der Waals surface area contributed by atoms with E-state index in [1.807, 2.05) is 11.8 Å². The van der Waals surface area contributed by atoms with E-state index in [1.165, 1.54) is 18.5 Å². The third-order valence-corrected chi connectivity index (χ3v) is 4.08. The minimum Gasteiger partial charge on any atom is -0.364 e. The molecule has 0 N–H and O–H groups in total. The smallest absolute Gasteiger partial charge is 0.364 e. The first-order valence-corrected chi connectivity index (χ1v) is 7.45. The minimum atomic E-state index is -4.29. The number of benzene rings is 1. The first-order chi connectivity index (χ1) is 10.8. The molecule has 2 heterocycles. The van der Waals surface area contributed by atoms with Crippen molar-refractivity contribution in [3.63, 3.8) is 0 Å². The van der Waals surface area contributed by atoms with Gasteiger partial charge in [-0.2, -0.15) is 13.2 Å². The molecule has 0 fully saturated rings. The number of hydrogen-bond donors (Lipinski definition) is 0. The van der Waals surface area contributed by atoms with E-state index in [1.54, 1.807) is 6.07 Å². The molecule has 3 rings (SSSR count). The van der Waals surface area contributed by atoms with E-state index < -0.39 is 12.7 Å². The molecule has 1 aromatic carbocycles. The first-order valence-electron chi connectivity index (χ1n) is 7.45. The molecule has 0 atom stereocenters. The van der Waals surface area contributed by atoms with Gasteiger partial charge in [0, 0.05) is 30.2 Å². The van der Waals surface area contributed by atoms with Crippen LogP contribution in [0.1, 0.15) is 23.4 Å². The predicted octanol–water partition coefficient (Wildman–Crippen LogP) is 3.85. The van der Waals surface area contributed by atoms with Crippen LogP contribution in [0.3, 0.4) is 0 Å². The van der Waals surface area contributed by atoms with Gasteiger partial charge in [-0.1, -0.05) is 6.07 Å². The summed E-state index contributed by atoms with van der Waals surface area (Å²) in [6.45, 7) is 1.74. The van der Waals surface area contributed by atoms with Gasteiger partial charge in [0.2, 0.25) is 0 Å². The Kier molecular flexibility index (Phi) is 4.04. The molecule has 2 aromatic rings. The average molecular weight is 327 g/mol. The fourth-order valence-electron chi connectivity index (χ4n) is 3.12. The van der Waals surface area contributed by atoms with E-state index in [2.05, 4.69) is 4.98 Å². The highest BCUT2D eigenvalue weighted by Crippen LogP contribution is 2.33. The fraction of sp³-hybridized carbons (Fsp3) is 0.438. The maximum Gasteiger partial charge on any atom is 0.406 e. The van der Waals surface area contributed by atoms with Gasteiger partial charge in [-0.3, -0.25) is 0 Å². The van der Waals surface area contributed by atoms with Crippen LogP contribution < -0.4 is 4.90 Å². The monoisotopic (exact) mass is 327 g/mol. The quantitative estimate of drug-likeness (QED) is 0.799. The van der Waals surface area contributed by atoms with E-state index in [0.29, 0.717) is 24.4 Å². The lowest BCUT2D eigenvalue weighted by Gasteiger charge is -2.33. The van der Waals surface area contributed by atoms with Crippen LogP contribution in [-0.2, 0) is 19.5 Å². The number of anilines is 1. The van der Waals surface area contributed by atoms with Gasteiger partial charge in [-0.15, -0.1) is 0 Å². The van der Waals surface area contributed by atoms with E-state index in [0.717, 1.165) is 22.2 Å². The molecule has 1 aliphatic rings. The average Bonchev–Trinajstić information content (AvgIpc) is 2.88. The summed E-state index contributed by atoms with van der Waals surface area (Å²) < 4.78 is 53.0. The molecular formula is C16H17F4N3. The van der Waals surface area contributed by atoms with Gasteiger partial charge in [0.15, 0.2) is 0 Å². The van der Waals surface area contributed by atoms with Crippen LogP contribution in [0.25, 0.3) is 0 Å². The Bertz CT molecular complexity index is 706. The third-order valence-electron chi connectivity index (χ3n) is 4.08. The van der Waals surface area contributed by atoms with Gasteiger partial charge in [-0.25, -0.2) is 9.37 Å². The highest BCUT2D eigenvalue weighted by Gasteiger charge is 2.30. The number of aryl methyl sites for hydroxylation is 1.